The summed E-state index contributed by atoms with van der Waals surface area (Å²) in [6.45, 7) is 5.66. The van der Waals surface area contributed by atoms with Gasteiger partial charge in [-0.2, -0.15) is 0 Å². The maximum Gasteiger partial charge on any atom is 0.335 e. The van der Waals surface area contributed by atoms with Crippen molar-refractivity contribution in [3.05, 3.63) is 47.5 Å². The highest BCUT2D eigenvalue weighted by molar-refractivity contribution is 7.90. The summed E-state index contributed by atoms with van der Waals surface area (Å²) in [5.74, 6) is -1.66. The van der Waals surface area contributed by atoms with Crippen molar-refractivity contribution in [1.82, 2.24) is 5.32 Å². The molecule has 1 fully saturated rings. The van der Waals surface area contributed by atoms with E-state index in [1.54, 1.807) is 6.07 Å². The predicted octanol–water partition coefficient (Wildman–Crippen LogP) is 1.40. The summed E-state index contributed by atoms with van der Waals surface area (Å²) in [4.78, 5) is 10.4. The van der Waals surface area contributed by atoms with Gasteiger partial charge in [-0.1, -0.05) is 13.0 Å². The number of nitrogens with two attached hydrogens (primary N) is 1. The molecule has 1 aliphatic heterocycles. The fourth-order valence-electron chi connectivity index (χ4n) is 2.73. The van der Waals surface area contributed by atoms with E-state index in [1.807, 2.05) is 6.92 Å². The third-order valence-corrected chi connectivity index (χ3v) is 6.43. The molecule has 0 radical (unpaired) electrons. The zero-order valence-corrected chi connectivity index (χ0v) is 19.3. The van der Waals surface area contributed by atoms with E-state index in [4.69, 9.17) is 19.7 Å². The Morgan fingerprint density at radius 1 is 1.06 bits per heavy atom. The minimum absolute atomic E-state index is 0.155. The molecule has 4 N–H and O–H groups in total. The Kier molecular flexibility index (Phi) is 8.75. The first-order valence-electron chi connectivity index (χ1n) is 9.63. The number of primary sulfonamides is 1. The molecule has 2 aromatic rings. The summed E-state index contributed by atoms with van der Waals surface area (Å²) >= 11 is 0. The van der Waals surface area contributed by atoms with Crippen LogP contribution in [0.5, 0.6) is 11.5 Å². The van der Waals surface area contributed by atoms with Crippen LogP contribution in [0, 0.1) is 0 Å². The van der Waals surface area contributed by atoms with Gasteiger partial charge in [0, 0.05) is 19.3 Å². The van der Waals surface area contributed by atoms with Crippen molar-refractivity contribution in [3.8, 4) is 11.5 Å². The molecule has 0 atom stereocenters. The van der Waals surface area contributed by atoms with Gasteiger partial charge >= 0.3 is 5.97 Å². The van der Waals surface area contributed by atoms with E-state index in [0.29, 0.717) is 12.0 Å². The number of sulfone groups is 1. The van der Waals surface area contributed by atoms with Crippen LogP contribution in [0.1, 0.15) is 22.8 Å². The van der Waals surface area contributed by atoms with Crippen molar-refractivity contribution < 1.29 is 36.2 Å². The average Bonchev–Trinajstić information content (AvgIpc) is 2.74. The van der Waals surface area contributed by atoms with Crippen LogP contribution in [0.25, 0.3) is 0 Å². The van der Waals surface area contributed by atoms with Crippen LogP contribution in [-0.2, 0) is 31.0 Å². The number of sulfonamides is 1. The number of nitrogens with one attached hydrogen (secondary N) is 1. The molecule has 0 aliphatic carbocycles. The summed E-state index contributed by atoms with van der Waals surface area (Å²) in [7, 11) is -7.96. The maximum atomic E-state index is 12.0. The Labute approximate surface area is 187 Å². The van der Waals surface area contributed by atoms with E-state index in [0.717, 1.165) is 50.8 Å². The van der Waals surface area contributed by atoms with Crippen LogP contribution in [0.3, 0.4) is 0 Å². The fraction of sp³-hybridized carbons (Fsp3) is 0.350. The van der Waals surface area contributed by atoms with Crippen molar-refractivity contribution in [2.45, 2.75) is 23.1 Å². The number of hydrogen-bond acceptors (Lipinski definition) is 8. The number of carbonyl (C=O) groups is 1. The lowest BCUT2D eigenvalue weighted by Gasteiger charge is -2.14. The molecule has 0 bridgehead atoms. The lowest BCUT2D eigenvalue weighted by molar-refractivity contribution is 0.0696. The number of carboxylic acids is 1. The Morgan fingerprint density at radius 2 is 1.66 bits per heavy atom. The van der Waals surface area contributed by atoms with Crippen LogP contribution >= 0.6 is 0 Å². The van der Waals surface area contributed by atoms with Crippen molar-refractivity contribution in [1.29, 1.82) is 0 Å². The zero-order valence-electron chi connectivity index (χ0n) is 17.7. The van der Waals surface area contributed by atoms with Gasteiger partial charge in [-0.3, -0.25) is 0 Å². The highest BCUT2D eigenvalue weighted by Crippen LogP contribution is 2.33. The molecule has 0 aromatic heterocycles. The van der Waals surface area contributed by atoms with E-state index < -0.39 is 25.8 Å². The lowest BCUT2D eigenvalue weighted by Crippen LogP contribution is -2.30. The van der Waals surface area contributed by atoms with Crippen molar-refractivity contribution in [2.75, 3.05) is 32.6 Å². The molecule has 10 nitrogen and oxygen atoms in total. The first-order valence-corrected chi connectivity index (χ1v) is 13.1. The highest BCUT2D eigenvalue weighted by Gasteiger charge is 2.22. The first kappa shape index (κ1) is 25.7. The Morgan fingerprint density at radius 3 is 2.09 bits per heavy atom. The van der Waals surface area contributed by atoms with Gasteiger partial charge in [0.25, 0.3) is 0 Å². The molecule has 0 saturated carbocycles. The summed E-state index contributed by atoms with van der Waals surface area (Å²) in [6.07, 6.45) is 1.45. The minimum atomic E-state index is -4.12. The minimum Gasteiger partial charge on any atom is -0.478 e. The first-order chi connectivity index (χ1) is 14.9. The van der Waals surface area contributed by atoms with E-state index >= 15 is 0 Å². The molecule has 32 heavy (non-hydrogen) atoms. The second kappa shape index (κ2) is 10.9. The summed E-state index contributed by atoms with van der Waals surface area (Å²) in [5, 5.41) is 17.4. The summed E-state index contributed by atoms with van der Waals surface area (Å²) in [6, 6.07) is 7.59. The monoisotopic (exact) mass is 486 g/mol. The molecule has 2 aromatic carbocycles. The van der Waals surface area contributed by atoms with Crippen molar-refractivity contribution in [2.24, 2.45) is 5.14 Å². The van der Waals surface area contributed by atoms with Gasteiger partial charge < -0.3 is 19.9 Å². The van der Waals surface area contributed by atoms with Gasteiger partial charge in [-0.25, -0.2) is 26.8 Å². The van der Waals surface area contributed by atoms with Crippen LogP contribution in [0.15, 0.2) is 46.2 Å². The molecule has 1 aliphatic rings. The third-order valence-electron chi connectivity index (χ3n) is 4.38. The van der Waals surface area contributed by atoms with Crippen LogP contribution in [-0.4, -0.2) is 60.5 Å². The SMILES string of the molecule is C1COCCN1.CCc1ccc(Oc2ccc(C(=O)O)cc2S(C)(=O)=O)c(S(N)(=O)=O)c1. The van der Waals surface area contributed by atoms with Crippen LogP contribution in [0.4, 0.5) is 0 Å². The largest absolute Gasteiger partial charge is 0.478 e. The van der Waals surface area contributed by atoms with Crippen molar-refractivity contribution >= 4 is 25.8 Å². The maximum absolute atomic E-state index is 12.0. The number of morpholine rings is 1. The van der Waals surface area contributed by atoms with Gasteiger partial charge in [0.15, 0.2) is 9.84 Å². The normalized spacial score (nSPS) is 14.2. The average molecular weight is 487 g/mol. The summed E-state index contributed by atoms with van der Waals surface area (Å²) < 4.78 is 58.2. The number of benzene rings is 2. The predicted molar refractivity (Wildman–Crippen MR) is 117 cm³/mol. The number of aromatic carboxylic acids is 1. The molecule has 3 rings (SSSR count). The second-order valence-electron chi connectivity index (χ2n) is 6.88. The molecule has 0 amide bonds. The standard InChI is InChI=1S/C16H17NO7S2.C4H9NO/c1-3-10-4-6-13(15(8-10)26(17,22)23)24-12-7-5-11(16(18)19)9-14(12)25(2,20)21;1-3-6-4-2-5-1/h4-9H,3H2,1-2H3,(H,18,19)(H2,17,22,23);5H,1-4H2. The quantitative estimate of drug-likeness (QED) is 0.548. The van der Waals surface area contributed by atoms with Gasteiger partial charge in [0.05, 0.1) is 18.8 Å². The number of hydrogen-bond donors (Lipinski definition) is 3. The summed E-state index contributed by atoms with van der Waals surface area (Å²) in [5.41, 5.74) is 0.455. The molecule has 12 heteroatoms. The second-order valence-corrected chi connectivity index (χ2v) is 10.4. The van der Waals surface area contributed by atoms with Gasteiger partial charge in [0.1, 0.15) is 21.3 Å². The Bertz CT molecular complexity index is 1160. The van der Waals surface area contributed by atoms with E-state index in [-0.39, 0.29) is 26.9 Å². The molecule has 1 saturated heterocycles. The topological polar surface area (TPSA) is 162 Å². The van der Waals surface area contributed by atoms with E-state index in [2.05, 4.69) is 5.32 Å². The number of carboxylic acid groups (broad SMARTS) is 1. The molecule has 0 unspecified atom stereocenters. The lowest BCUT2D eigenvalue weighted by atomic mass is 10.1. The highest BCUT2D eigenvalue weighted by atomic mass is 32.2. The number of ether oxygens (including phenoxy) is 2. The molecule has 176 valence electrons. The molecular formula is C20H26N2O8S2. The Hall–Kier alpha value is -2.51. The van der Waals surface area contributed by atoms with Gasteiger partial charge in [-0.05, 0) is 42.3 Å². The van der Waals surface area contributed by atoms with Crippen LogP contribution in [0.2, 0.25) is 0 Å². The number of aryl methyl sites for hydroxylation is 1. The molecule has 1 heterocycles. The van der Waals surface area contributed by atoms with Gasteiger partial charge in [0.2, 0.25) is 10.0 Å². The third kappa shape index (κ3) is 7.28. The van der Waals surface area contributed by atoms with E-state index in [1.165, 1.54) is 12.1 Å². The fourth-order valence-corrected chi connectivity index (χ4v) is 4.25. The van der Waals surface area contributed by atoms with Crippen LogP contribution < -0.4 is 15.2 Å². The zero-order chi connectivity index (χ0) is 23.9. The smallest absolute Gasteiger partial charge is 0.335 e. The molecule has 0 spiro atoms. The number of rotatable bonds is 6. The van der Waals surface area contributed by atoms with E-state index in [9.17, 15) is 21.6 Å². The molecular weight excluding hydrogens is 460 g/mol. The Balaban J connectivity index is 0.000000520. The van der Waals surface area contributed by atoms with Gasteiger partial charge in [-0.15, -0.1) is 0 Å². The van der Waals surface area contributed by atoms with Crippen molar-refractivity contribution in [3.63, 3.8) is 0 Å².